The predicted octanol–water partition coefficient (Wildman–Crippen LogP) is 3.87. The van der Waals surface area contributed by atoms with E-state index in [2.05, 4.69) is 5.32 Å². The van der Waals surface area contributed by atoms with E-state index >= 15 is 0 Å². The van der Waals surface area contributed by atoms with Gasteiger partial charge in [-0.1, -0.05) is 12.1 Å². The van der Waals surface area contributed by atoms with Crippen molar-refractivity contribution < 1.29 is 22.7 Å². The molecule has 3 rings (SSSR count). The third-order valence-corrected chi connectivity index (χ3v) is 7.36. The van der Waals surface area contributed by atoms with Gasteiger partial charge in [-0.15, -0.1) is 11.8 Å². The highest BCUT2D eigenvalue weighted by Gasteiger charge is 2.27. The van der Waals surface area contributed by atoms with Crippen LogP contribution in [0.1, 0.15) is 19.4 Å². The van der Waals surface area contributed by atoms with Gasteiger partial charge in [-0.2, -0.15) is 4.31 Å². The second-order valence-corrected chi connectivity index (χ2v) is 10.3. The largest absolute Gasteiger partial charge is 0.489 e. The molecule has 9 heteroatoms. The molecule has 0 radical (unpaired) electrons. The Morgan fingerprint density at radius 2 is 1.84 bits per heavy atom. The lowest BCUT2D eigenvalue weighted by Crippen LogP contribution is -2.40. The summed E-state index contributed by atoms with van der Waals surface area (Å²) in [4.78, 5) is 13.8. The maximum Gasteiger partial charge on any atom is 0.248 e. The van der Waals surface area contributed by atoms with Crippen LogP contribution in [0, 0.1) is 0 Å². The van der Waals surface area contributed by atoms with Crippen molar-refractivity contribution in [3.63, 3.8) is 0 Å². The van der Waals surface area contributed by atoms with Crippen molar-refractivity contribution in [1.29, 1.82) is 0 Å². The lowest BCUT2D eigenvalue weighted by atomic mass is 10.2. The number of thioether (sulfide) groups is 1. The second-order valence-electron chi connectivity index (χ2n) is 7.44. The van der Waals surface area contributed by atoms with Gasteiger partial charge in [-0.3, -0.25) is 4.79 Å². The van der Waals surface area contributed by atoms with Gasteiger partial charge in [0.2, 0.25) is 15.9 Å². The van der Waals surface area contributed by atoms with Crippen molar-refractivity contribution in [2.45, 2.75) is 29.7 Å². The molecule has 1 N–H and O–H groups in total. The van der Waals surface area contributed by atoms with E-state index in [0.717, 1.165) is 10.5 Å². The van der Waals surface area contributed by atoms with Gasteiger partial charge in [-0.25, -0.2) is 8.42 Å². The zero-order chi connectivity index (χ0) is 23.1. The van der Waals surface area contributed by atoms with Crippen LogP contribution in [0.15, 0.2) is 58.3 Å². The smallest absolute Gasteiger partial charge is 0.248 e. The van der Waals surface area contributed by atoms with Crippen molar-refractivity contribution in [3.8, 4) is 5.75 Å². The van der Waals surface area contributed by atoms with E-state index < -0.39 is 10.0 Å². The molecule has 0 aromatic heterocycles. The number of rotatable bonds is 8. The molecule has 1 amide bonds. The third kappa shape index (κ3) is 6.35. The number of carbonyl (C=O) groups excluding carboxylic acids is 1. The number of ether oxygens (including phenoxy) is 2. The van der Waals surface area contributed by atoms with Crippen LogP contribution >= 0.6 is 11.8 Å². The molecule has 7 nitrogen and oxygen atoms in total. The average molecular weight is 477 g/mol. The Bertz CT molecular complexity index is 1060. The van der Waals surface area contributed by atoms with Gasteiger partial charge >= 0.3 is 0 Å². The van der Waals surface area contributed by atoms with E-state index in [9.17, 15) is 13.2 Å². The van der Waals surface area contributed by atoms with Gasteiger partial charge in [0.15, 0.2) is 0 Å². The molecule has 2 aromatic rings. The fraction of sp³-hybridized carbons (Fsp3) is 0.348. The fourth-order valence-electron chi connectivity index (χ4n) is 3.12. The number of nitrogens with one attached hydrogen (secondary N) is 1. The summed E-state index contributed by atoms with van der Waals surface area (Å²) in [6, 6.07) is 12.3. The van der Waals surface area contributed by atoms with E-state index in [-0.39, 0.29) is 16.9 Å². The van der Waals surface area contributed by atoms with E-state index in [1.54, 1.807) is 23.9 Å². The molecule has 0 aliphatic carbocycles. The average Bonchev–Trinajstić information content (AvgIpc) is 2.79. The van der Waals surface area contributed by atoms with Crippen LogP contribution in [0.3, 0.4) is 0 Å². The molecule has 1 fully saturated rings. The molecule has 2 aromatic carbocycles. The zero-order valence-corrected chi connectivity index (χ0v) is 20.0. The highest BCUT2D eigenvalue weighted by molar-refractivity contribution is 7.98. The minimum atomic E-state index is -3.70. The van der Waals surface area contributed by atoms with Crippen LogP contribution in [0.2, 0.25) is 0 Å². The summed E-state index contributed by atoms with van der Waals surface area (Å²) in [5.74, 6) is 0.0282. The number of carbonyl (C=O) groups is 1. The Hall–Kier alpha value is -2.33. The molecule has 1 heterocycles. The van der Waals surface area contributed by atoms with Crippen molar-refractivity contribution in [1.82, 2.24) is 4.31 Å². The number of hydrogen-bond donors (Lipinski definition) is 1. The number of amides is 1. The minimum absolute atomic E-state index is 0.0995. The van der Waals surface area contributed by atoms with Crippen molar-refractivity contribution in [3.05, 3.63) is 54.1 Å². The molecule has 1 aliphatic heterocycles. The molecular weight excluding hydrogens is 448 g/mol. The summed E-state index contributed by atoms with van der Waals surface area (Å²) >= 11 is 1.65. The summed E-state index contributed by atoms with van der Waals surface area (Å²) in [5.41, 5.74) is 1.20. The summed E-state index contributed by atoms with van der Waals surface area (Å²) in [6.07, 6.45) is 4.98. The number of morpholine rings is 1. The molecule has 0 saturated carbocycles. The van der Waals surface area contributed by atoms with Gasteiger partial charge in [0.05, 0.1) is 29.9 Å². The van der Waals surface area contributed by atoms with E-state index in [1.807, 2.05) is 44.4 Å². The van der Waals surface area contributed by atoms with Gasteiger partial charge < -0.3 is 14.8 Å². The molecule has 172 valence electrons. The van der Waals surface area contributed by atoms with Crippen molar-refractivity contribution >= 4 is 39.5 Å². The van der Waals surface area contributed by atoms with Gasteiger partial charge in [0.1, 0.15) is 5.75 Å². The maximum atomic E-state index is 13.0. The Morgan fingerprint density at radius 3 is 2.47 bits per heavy atom. The zero-order valence-electron chi connectivity index (χ0n) is 18.4. The Morgan fingerprint density at radius 1 is 1.16 bits per heavy atom. The lowest BCUT2D eigenvalue weighted by Gasteiger charge is -2.26. The summed E-state index contributed by atoms with van der Waals surface area (Å²) in [7, 11) is -3.70. The van der Waals surface area contributed by atoms with Crippen LogP contribution in [0.5, 0.6) is 5.75 Å². The van der Waals surface area contributed by atoms with Crippen molar-refractivity contribution in [2.75, 3.05) is 37.9 Å². The monoisotopic (exact) mass is 476 g/mol. The Labute approximate surface area is 193 Å². The van der Waals surface area contributed by atoms with Gasteiger partial charge in [-0.05, 0) is 62.1 Å². The van der Waals surface area contributed by atoms with Crippen LogP contribution in [0.25, 0.3) is 6.08 Å². The number of hydrogen-bond acceptors (Lipinski definition) is 6. The number of nitrogens with zero attached hydrogens (tertiary/aromatic N) is 1. The van der Waals surface area contributed by atoms with Crippen LogP contribution < -0.4 is 10.1 Å². The first-order valence-electron chi connectivity index (χ1n) is 10.3. The minimum Gasteiger partial charge on any atom is -0.489 e. The first kappa shape index (κ1) is 24.3. The second kappa shape index (κ2) is 11.0. The lowest BCUT2D eigenvalue weighted by molar-refractivity contribution is -0.111. The molecule has 0 spiro atoms. The Kier molecular flexibility index (Phi) is 8.36. The molecule has 1 saturated heterocycles. The van der Waals surface area contributed by atoms with Gasteiger partial charge in [0.25, 0.3) is 0 Å². The summed E-state index contributed by atoms with van der Waals surface area (Å²) in [5, 5.41) is 2.76. The van der Waals surface area contributed by atoms with Crippen LogP contribution in [-0.2, 0) is 19.6 Å². The number of benzene rings is 2. The molecular formula is C23H28N2O5S2. The molecule has 0 atom stereocenters. The highest BCUT2D eigenvalue weighted by atomic mass is 32.2. The summed E-state index contributed by atoms with van der Waals surface area (Å²) in [6.45, 7) is 5.04. The third-order valence-electron chi connectivity index (χ3n) is 4.72. The van der Waals surface area contributed by atoms with Gasteiger partial charge in [0, 0.05) is 24.1 Å². The highest BCUT2D eigenvalue weighted by Crippen LogP contribution is 2.30. The van der Waals surface area contributed by atoms with Crippen LogP contribution in [0.4, 0.5) is 5.69 Å². The quantitative estimate of drug-likeness (QED) is 0.460. The molecule has 1 aliphatic rings. The first-order valence-corrected chi connectivity index (χ1v) is 13.0. The Balaban J connectivity index is 1.82. The normalized spacial score (nSPS) is 15.2. The predicted molar refractivity (Wildman–Crippen MR) is 128 cm³/mol. The first-order chi connectivity index (χ1) is 15.3. The van der Waals surface area contributed by atoms with Crippen LogP contribution in [-0.4, -0.2) is 57.3 Å². The van der Waals surface area contributed by atoms with E-state index in [1.165, 1.54) is 22.5 Å². The van der Waals surface area contributed by atoms with E-state index in [0.29, 0.717) is 37.7 Å². The molecule has 32 heavy (non-hydrogen) atoms. The maximum absolute atomic E-state index is 13.0. The SMILES string of the molecule is CSc1ccc(/C=C/C(=O)Nc2cc(S(=O)(=O)N3CCOCC3)ccc2OC(C)C)cc1. The fourth-order valence-corrected chi connectivity index (χ4v) is 4.96. The molecule has 0 bridgehead atoms. The summed E-state index contributed by atoms with van der Waals surface area (Å²) < 4.78 is 38.5. The number of anilines is 1. The standard InChI is InChI=1S/C23H28N2O5S2/c1-17(2)30-22-10-9-20(32(27,28)25-12-14-29-15-13-25)16-21(22)24-23(26)11-6-18-4-7-19(31-3)8-5-18/h4-11,16-17H,12-15H2,1-3H3,(H,24,26)/b11-6+. The molecule has 0 unspecified atom stereocenters. The van der Waals surface area contributed by atoms with Crippen molar-refractivity contribution in [2.24, 2.45) is 0 Å². The number of sulfonamides is 1. The van der Waals surface area contributed by atoms with E-state index in [4.69, 9.17) is 9.47 Å². The topological polar surface area (TPSA) is 84.9 Å².